The number of hydrogen-bond acceptors (Lipinski definition) is 5. The lowest BCUT2D eigenvalue weighted by atomic mass is 10.1. The highest BCUT2D eigenvalue weighted by molar-refractivity contribution is 5.95. The van der Waals surface area contributed by atoms with Gasteiger partial charge in [-0.1, -0.05) is 6.92 Å². The van der Waals surface area contributed by atoms with E-state index in [0.717, 1.165) is 13.0 Å². The van der Waals surface area contributed by atoms with Crippen molar-refractivity contribution in [2.24, 2.45) is 5.84 Å². The molecule has 1 aromatic rings. The molecule has 1 aliphatic heterocycles. The summed E-state index contributed by atoms with van der Waals surface area (Å²) in [5.41, 5.74) is 2.16. The van der Waals surface area contributed by atoms with Gasteiger partial charge in [-0.3, -0.25) is 9.69 Å². The van der Waals surface area contributed by atoms with Crippen molar-refractivity contribution < 1.29 is 9.18 Å². The Bertz CT molecular complexity index is 496. The highest BCUT2D eigenvalue weighted by atomic mass is 19.1. The van der Waals surface area contributed by atoms with E-state index in [1.54, 1.807) is 4.90 Å². The smallest absolute Gasteiger partial charge is 0.257 e. The number of rotatable bonds is 3. The molecule has 0 spiro atoms. The minimum Gasteiger partial charge on any atom is -0.336 e. The first-order valence-electron chi connectivity index (χ1n) is 6.69. The van der Waals surface area contributed by atoms with Gasteiger partial charge in [0.1, 0.15) is 0 Å². The van der Waals surface area contributed by atoms with Crippen molar-refractivity contribution in [2.45, 2.75) is 19.4 Å². The van der Waals surface area contributed by atoms with Gasteiger partial charge < -0.3 is 10.3 Å². The van der Waals surface area contributed by atoms with E-state index in [1.807, 2.05) is 7.05 Å². The van der Waals surface area contributed by atoms with Crippen LogP contribution in [0.5, 0.6) is 0 Å². The van der Waals surface area contributed by atoms with Crippen LogP contribution in [0.25, 0.3) is 0 Å². The quantitative estimate of drug-likeness (QED) is 0.629. The molecule has 1 fully saturated rings. The molecule has 0 saturated carbocycles. The number of amides is 1. The van der Waals surface area contributed by atoms with E-state index in [9.17, 15) is 9.18 Å². The van der Waals surface area contributed by atoms with Crippen LogP contribution in [0.3, 0.4) is 0 Å². The number of carbonyl (C=O) groups is 1. The maximum atomic E-state index is 14.1. The molecule has 0 radical (unpaired) electrons. The maximum absolute atomic E-state index is 14.1. The fourth-order valence-electron chi connectivity index (χ4n) is 2.45. The van der Waals surface area contributed by atoms with Crippen LogP contribution in [-0.2, 0) is 0 Å². The van der Waals surface area contributed by atoms with Crippen molar-refractivity contribution in [3.63, 3.8) is 0 Å². The minimum atomic E-state index is -0.702. The van der Waals surface area contributed by atoms with Crippen LogP contribution in [0.2, 0.25) is 0 Å². The monoisotopic (exact) mass is 281 g/mol. The number of nitrogens with zero attached hydrogens (tertiary/aromatic N) is 3. The van der Waals surface area contributed by atoms with Gasteiger partial charge in [0.25, 0.3) is 5.91 Å². The van der Waals surface area contributed by atoms with Gasteiger partial charge in [0.2, 0.25) is 0 Å². The summed E-state index contributed by atoms with van der Waals surface area (Å²) < 4.78 is 14.1. The van der Waals surface area contributed by atoms with Gasteiger partial charge in [-0.2, -0.15) is 0 Å². The number of carbonyl (C=O) groups excluding carboxylic acids is 1. The van der Waals surface area contributed by atoms with Crippen molar-refractivity contribution in [1.82, 2.24) is 14.8 Å². The summed E-state index contributed by atoms with van der Waals surface area (Å²) in [5, 5.41) is 0. The Balaban J connectivity index is 2.19. The second-order valence-corrected chi connectivity index (χ2v) is 4.96. The maximum Gasteiger partial charge on any atom is 0.257 e. The average molecular weight is 281 g/mol. The molecule has 20 heavy (non-hydrogen) atoms. The number of nitrogens with two attached hydrogens (primary N) is 1. The molecule has 0 aliphatic carbocycles. The zero-order chi connectivity index (χ0) is 14.7. The minimum absolute atomic E-state index is 0.00681. The Morgan fingerprint density at radius 3 is 3.00 bits per heavy atom. The van der Waals surface area contributed by atoms with Crippen LogP contribution in [-0.4, -0.2) is 53.4 Å². The lowest BCUT2D eigenvalue weighted by Crippen LogP contribution is -2.53. The van der Waals surface area contributed by atoms with Gasteiger partial charge in [-0.25, -0.2) is 15.2 Å². The predicted octanol–water partition coefficient (Wildman–Crippen LogP) is 0.673. The second-order valence-electron chi connectivity index (χ2n) is 4.96. The van der Waals surface area contributed by atoms with Crippen molar-refractivity contribution >= 4 is 11.7 Å². The molecule has 2 rings (SSSR count). The molecule has 0 bridgehead atoms. The molecule has 0 aromatic carbocycles. The SMILES string of the molecule is CCC1CN(C(=O)c2ccnc(NN)c2F)CCN1C. The second kappa shape index (κ2) is 6.15. The van der Waals surface area contributed by atoms with Crippen LogP contribution in [0.1, 0.15) is 23.7 Å². The van der Waals surface area contributed by atoms with Crippen molar-refractivity contribution in [3.05, 3.63) is 23.6 Å². The zero-order valence-corrected chi connectivity index (χ0v) is 11.8. The molecule has 1 atom stereocenters. The van der Waals surface area contributed by atoms with E-state index in [4.69, 9.17) is 5.84 Å². The average Bonchev–Trinajstić information content (AvgIpc) is 2.47. The standard InChI is InChI=1S/C13H20FN5O/c1-3-9-8-19(7-6-18(9)2)13(20)10-4-5-16-12(17-15)11(10)14/h4-5,9H,3,6-8,15H2,1-2H3,(H,16,17). The molecule has 1 unspecified atom stereocenters. The van der Waals surface area contributed by atoms with Crippen molar-refractivity contribution in [2.75, 3.05) is 32.1 Å². The largest absolute Gasteiger partial charge is 0.336 e. The first kappa shape index (κ1) is 14.7. The summed E-state index contributed by atoms with van der Waals surface area (Å²) in [6.07, 6.45) is 2.33. The lowest BCUT2D eigenvalue weighted by Gasteiger charge is -2.39. The molecule has 6 nitrogen and oxygen atoms in total. The van der Waals surface area contributed by atoms with Crippen LogP contribution < -0.4 is 11.3 Å². The number of hydrogen-bond donors (Lipinski definition) is 2. The summed E-state index contributed by atoms with van der Waals surface area (Å²) in [6, 6.07) is 1.70. The third-order valence-corrected chi connectivity index (χ3v) is 3.79. The van der Waals surface area contributed by atoms with Gasteiger partial charge in [-0.15, -0.1) is 0 Å². The fourth-order valence-corrected chi connectivity index (χ4v) is 2.45. The zero-order valence-electron chi connectivity index (χ0n) is 11.8. The number of aromatic nitrogens is 1. The Hall–Kier alpha value is -1.73. The van der Waals surface area contributed by atoms with Gasteiger partial charge >= 0.3 is 0 Å². The van der Waals surface area contributed by atoms with E-state index in [-0.39, 0.29) is 17.3 Å². The number of pyridine rings is 1. The summed E-state index contributed by atoms with van der Waals surface area (Å²) in [4.78, 5) is 20.1. The number of hydrazine groups is 1. The third kappa shape index (κ3) is 2.73. The molecule has 1 aromatic heterocycles. The summed E-state index contributed by atoms with van der Waals surface area (Å²) in [7, 11) is 2.04. The van der Waals surface area contributed by atoms with Crippen LogP contribution in [0, 0.1) is 5.82 Å². The van der Waals surface area contributed by atoms with E-state index < -0.39 is 5.82 Å². The fraction of sp³-hybridized carbons (Fsp3) is 0.538. The number of likely N-dealkylation sites (N-methyl/N-ethyl adjacent to an activating group) is 1. The van der Waals surface area contributed by atoms with Crippen LogP contribution in [0.15, 0.2) is 12.3 Å². The number of nitrogen functional groups attached to an aromatic ring is 1. The molecule has 1 aliphatic rings. The first-order chi connectivity index (χ1) is 9.58. The molecule has 1 saturated heterocycles. The molecular formula is C13H20FN5O. The Labute approximate surface area is 117 Å². The van der Waals surface area contributed by atoms with Gasteiger partial charge in [0, 0.05) is 31.9 Å². The topological polar surface area (TPSA) is 74.5 Å². The van der Waals surface area contributed by atoms with E-state index in [2.05, 4.69) is 22.2 Å². The van der Waals surface area contributed by atoms with Gasteiger partial charge in [0.15, 0.2) is 11.6 Å². The predicted molar refractivity (Wildman–Crippen MR) is 74.6 cm³/mol. The molecular weight excluding hydrogens is 261 g/mol. The summed E-state index contributed by atoms with van der Waals surface area (Å²) >= 11 is 0. The highest BCUT2D eigenvalue weighted by Gasteiger charge is 2.28. The molecule has 110 valence electrons. The van der Waals surface area contributed by atoms with Crippen LogP contribution in [0.4, 0.5) is 10.2 Å². The number of anilines is 1. The molecule has 1 amide bonds. The number of nitrogens with one attached hydrogen (secondary N) is 1. The van der Waals surface area contributed by atoms with Gasteiger partial charge in [0.05, 0.1) is 5.56 Å². The Morgan fingerprint density at radius 1 is 1.60 bits per heavy atom. The normalized spacial score (nSPS) is 20.0. The Kier molecular flexibility index (Phi) is 4.51. The lowest BCUT2D eigenvalue weighted by molar-refractivity contribution is 0.0537. The van der Waals surface area contributed by atoms with E-state index >= 15 is 0 Å². The van der Waals surface area contributed by atoms with E-state index in [1.165, 1.54) is 12.3 Å². The first-order valence-corrected chi connectivity index (χ1v) is 6.69. The third-order valence-electron chi connectivity index (χ3n) is 3.79. The van der Waals surface area contributed by atoms with E-state index in [0.29, 0.717) is 19.1 Å². The molecule has 7 heteroatoms. The summed E-state index contributed by atoms with van der Waals surface area (Å²) in [5.74, 6) is 4.05. The summed E-state index contributed by atoms with van der Waals surface area (Å²) in [6.45, 7) is 4.08. The highest BCUT2D eigenvalue weighted by Crippen LogP contribution is 2.18. The van der Waals surface area contributed by atoms with Gasteiger partial charge in [-0.05, 0) is 19.5 Å². The number of piperazine rings is 1. The molecule has 2 heterocycles. The van der Waals surface area contributed by atoms with Crippen molar-refractivity contribution in [1.29, 1.82) is 0 Å². The van der Waals surface area contributed by atoms with Crippen molar-refractivity contribution in [3.8, 4) is 0 Å². The van der Waals surface area contributed by atoms with Crippen LogP contribution >= 0.6 is 0 Å². The molecule has 3 N–H and O–H groups in total. The number of halogens is 1. The Morgan fingerprint density at radius 2 is 2.35 bits per heavy atom.